The van der Waals surface area contributed by atoms with Crippen molar-refractivity contribution in [2.45, 2.75) is 29.8 Å². The first-order chi connectivity index (χ1) is 7.01. The maximum absolute atomic E-state index is 11.8. The van der Waals surface area contributed by atoms with Gasteiger partial charge in [0, 0.05) is 0 Å². The molecule has 0 aliphatic heterocycles. The van der Waals surface area contributed by atoms with Gasteiger partial charge in [-0.25, -0.2) is 8.42 Å². The number of benzene rings is 1. The molecule has 1 N–H and O–H groups in total. The van der Waals surface area contributed by atoms with Crippen molar-refractivity contribution in [3.8, 4) is 0 Å². The molecule has 0 unspecified atom stereocenters. The molecule has 5 heteroatoms. The van der Waals surface area contributed by atoms with Crippen LogP contribution in [-0.4, -0.2) is 25.6 Å². The molecule has 15 heavy (non-hydrogen) atoms. The smallest absolute Gasteiger partial charge is 0.320 e. The lowest BCUT2D eigenvalue weighted by molar-refractivity contribution is 0.592. The van der Waals surface area contributed by atoms with Crippen molar-refractivity contribution in [3.63, 3.8) is 0 Å². The first-order valence-electron chi connectivity index (χ1n) is 5.04. The van der Waals surface area contributed by atoms with Gasteiger partial charge in [0.1, 0.15) is 0 Å². The Kier molecular flexibility index (Phi) is 2.60. The normalized spacial score (nSPS) is 16.4. The van der Waals surface area contributed by atoms with E-state index in [0.29, 0.717) is 4.90 Å². The number of sulfone groups is 1. The lowest BCUT2D eigenvalue weighted by Gasteiger charge is -2.04. The number of hydrogen-bond donors (Lipinski definition) is 1. The van der Waals surface area contributed by atoms with Gasteiger partial charge in [-0.05, 0) is 30.4 Å². The Morgan fingerprint density at radius 1 is 1.27 bits per heavy atom. The summed E-state index contributed by atoms with van der Waals surface area (Å²) in [5.74, 6) is 0. The molecule has 0 spiro atoms. The highest BCUT2D eigenvalue weighted by Crippen LogP contribution is 2.33. The van der Waals surface area contributed by atoms with E-state index in [-0.39, 0.29) is 5.25 Å². The molecular weight excluding hydrogens is 211 g/mol. The van der Waals surface area contributed by atoms with Gasteiger partial charge in [0.25, 0.3) is 0 Å². The monoisotopic (exact) mass is 224 g/mol. The molecule has 1 aliphatic carbocycles. The molecule has 1 aliphatic rings. The molecule has 0 bridgehead atoms. The second kappa shape index (κ2) is 3.65. The number of hydrogen-bond acceptors (Lipinski definition) is 3. The van der Waals surface area contributed by atoms with Crippen LogP contribution >= 0.6 is 0 Å². The Morgan fingerprint density at radius 3 is 2.20 bits per heavy atom. The SMILES string of the molecule is CB(O)c1ccc(S(=O)(=O)C2CC2)cc1. The van der Waals surface area contributed by atoms with Crippen molar-refractivity contribution in [2.75, 3.05) is 0 Å². The van der Waals surface area contributed by atoms with Gasteiger partial charge in [-0.1, -0.05) is 19.0 Å². The Labute approximate surface area is 90.2 Å². The summed E-state index contributed by atoms with van der Waals surface area (Å²) in [6.07, 6.45) is 1.56. The fourth-order valence-corrected chi connectivity index (χ4v) is 3.16. The predicted octanol–water partition coefficient (Wildman–Crippen LogP) is 0.443. The zero-order chi connectivity index (χ0) is 11.1. The maximum Gasteiger partial charge on any atom is 0.320 e. The Bertz CT molecular complexity index is 446. The highest BCUT2D eigenvalue weighted by Gasteiger charge is 2.36. The maximum atomic E-state index is 11.8. The van der Waals surface area contributed by atoms with Crippen LogP contribution in [0.25, 0.3) is 0 Å². The molecule has 0 atom stereocenters. The van der Waals surface area contributed by atoms with Crippen LogP contribution in [0, 0.1) is 0 Å². The average molecular weight is 224 g/mol. The minimum Gasteiger partial charge on any atom is -0.447 e. The highest BCUT2D eigenvalue weighted by atomic mass is 32.2. The molecule has 0 radical (unpaired) electrons. The molecule has 0 heterocycles. The second-order valence-electron chi connectivity index (χ2n) is 3.99. The summed E-state index contributed by atoms with van der Waals surface area (Å²) in [4.78, 5) is 0.370. The van der Waals surface area contributed by atoms with E-state index in [1.54, 1.807) is 31.1 Å². The van der Waals surface area contributed by atoms with Gasteiger partial charge in [0.05, 0.1) is 10.1 Å². The van der Waals surface area contributed by atoms with Gasteiger partial charge >= 0.3 is 6.92 Å². The second-order valence-corrected chi connectivity index (χ2v) is 6.22. The first-order valence-corrected chi connectivity index (χ1v) is 6.58. The molecule has 0 saturated heterocycles. The van der Waals surface area contributed by atoms with Crippen LogP contribution in [0.2, 0.25) is 6.82 Å². The summed E-state index contributed by atoms with van der Waals surface area (Å²) >= 11 is 0. The van der Waals surface area contributed by atoms with Crippen LogP contribution in [0.3, 0.4) is 0 Å². The quantitative estimate of drug-likeness (QED) is 0.758. The van der Waals surface area contributed by atoms with E-state index >= 15 is 0 Å². The summed E-state index contributed by atoms with van der Waals surface area (Å²) in [7, 11) is -3.09. The van der Waals surface area contributed by atoms with Crippen molar-refractivity contribution in [2.24, 2.45) is 0 Å². The molecule has 80 valence electrons. The molecule has 2 rings (SSSR count). The van der Waals surface area contributed by atoms with Gasteiger partial charge in [-0.2, -0.15) is 0 Å². The molecule has 1 saturated carbocycles. The van der Waals surface area contributed by atoms with E-state index in [1.165, 1.54) is 0 Å². The standard InChI is InChI=1S/C10H13BO3S/c1-11(12)8-2-4-9(5-3-8)15(13,14)10-6-7-10/h2-5,10,12H,6-7H2,1H3. The molecule has 0 amide bonds. The van der Waals surface area contributed by atoms with Gasteiger partial charge in [0.15, 0.2) is 9.84 Å². The molecule has 1 aromatic carbocycles. The summed E-state index contributed by atoms with van der Waals surface area (Å²) in [5, 5.41) is 9.12. The minimum atomic E-state index is -3.09. The third-order valence-electron chi connectivity index (χ3n) is 2.65. The van der Waals surface area contributed by atoms with E-state index < -0.39 is 16.8 Å². The molecule has 1 aromatic rings. The molecular formula is C10H13BO3S. The van der Waals surface area contributed by atoms with Crippen LogP contribution in [-0.2, 0) is 9.84 Å². The van der Waals surface area contributed by atoms with E-state index in [1.807, 2.05) is 0 Å². The minimum absolute atomic E-state index is 0.171. The first kappa shape index (κ1) is 10.7. The fraction of sp³-hybridized carbons (Fsp3) is 0.400. The van der Waals surface area contributed by atoms with Crippen molar-refractivity contribution >= 4 is 22.2 Å². The fourth-order valence-electron chi connectivity index (χ4n) is 1.51. The zero-order valence-electron chi connectivity index (χ0n) is 8.55. The van der Waals surface area contributed by atoms with Gasteiger partial charge < -0.3 is 5.02 Å². The predicted molar refractivity (Wildman–Crippen MR) is 60.1 cm³/mol. The van der Waals surface area contributed by atoms with Crippen LogP contribution in [0.15, 0.2) is 29.2 Å². The van der Waals surface area contributed by atoms with Crippen molar-refractivity contribution in [3.05, 3.63) is 24.3 Å². The molecule has 3 nitrogen and oxygen atoms in total. The summed E-state index contributed by atoms with van der Waals surface area (Å²) in [6, 6.07) is 6.49. The third kappa shape index (κ3) is 2.08. The van der Waals surface area contributed by atoms with Gasteiger partial charge in [-0.15, -0.1) is 0 Å². The van der Waals surface area contributed by atoms with Crippen LogP contribution < -0.4 is 5.46 Å². The van der Waals surface area contributed by atoms with Gasteiger partial charge in [-0.3, -0.25) is 0 Å². The zero-order valence-corrected chi connectivity index (χ0v) is 9.37. The average Bonchev–Trinajstić information content (AvgIpc) is 3.01. The third-order valence-corrected chi connectivity index (χ3v) is 4.93. The molecule has 1 fully saturated rings. The van der Waals surface area contributed by atoms with E-state index in [4.69, 9.17) is 0 Å². The summed E-state index contributed by atoms with van der Waals surface area (Å²) in [6.45, 7) is 1.10. The van der Waals surface area contributed by atoms with E-state index in [9.17, 15) is 13.4 Å². The van der Waals surface area contributed by atoms with Crippen molar-refractivity contribution in [1.82, 2.24) is 0 Å². The van der Waals surface area contributed by atoms with Crippen LogP contribution in [0.4, 0.5) is 0 Å². The van der Waals surface area contributed by atoms with Crippen molar-refractivity contribution in [1.29, 1.82) is 0 Å². The number of rotatable bonds is 3. The summed E-state index contributed by atoms with van der Waals surface area (Å²) in [5.41, 5.74) is 0.741. The van der Waals surface area contributed by atoms with E-state index in [2.05, 4.69) is 0 Å². The Hall–Kier alpha value is -0.805. The Morgan fingerprint density at radius 2 is 1.80 bits per heavy atom. The van der Waals surface area contributed by atoms with E-state index in [0.717, 1.165) is 18.3 Å². The lowest BCUT2D eigenvalue weighted by Crippen LogP contribution is -2.26. The highest BCUT2D eigenvalue weighted by molar-refractivity contribution is 7.92. The van der Waals surface area contributed by atoms with Crippen LogP contribution in [0.1, 0.15) is 12.8 Å². The van der Waals surface area contributed by atoms with Gasteiger partial charge in [0.2, 0.25) is 0 Å². The molecule has 0 aromatic heterocycles. The van der Waals surface area contributed by atoms with Crippen LogP contribution in [0.5, 0.6) is 0 Å². The van der Waals surface area contributed by atoms with Crippen molar-refractivity contribution < 1.29 is 13.4 Å². The largest absolute Gasteiger partial charge is 0.447 e. The Balaban J connectivity index is 2.31. The lowest BCUT2D eigenvalue weighted by atomic mass is 9.64. The summed E-state index contributed by atoms with van der Waals surface area (Å²) < 4.78 is 23.6. The topological polar surface area (TPSA) is 54.4 Å².